The summed E-state index contributed by atoms with van der Waals surface area (Å²) in [6, 6.07) is 0. The summed E-state index contributed by atoms with van der Waals surface area (Å²) >= 11 is 0. The number of ether oxygens (including phenoxy) is 1. The normalized spacial score (nSPS) is 29.5. The molecule has 1 aliphatic heterocycles. The van der Waals surface area contributed by atoms with E-state index in [0.29, 0.717) is 5.78 Å². The first-order valence-electron chi connectivity index (χ1n) is 6.34. The smallest absolute Gasteiger partial charge is 0.129 e. The van der Waals surface area contributed by atoms with Gasteiger partial charge in [-0.2, -0.15) is 0 Å². The molecule has 0 N–H and O–H groups in total. The number of Topliss-reactive ketones (excluding diaryl/α,β-unsaturated/α-hetero) is 1. The predicted molar refractivity (Wildman–Crippen MR) is 59.8 cm³/mol. The van der Waals surface area contributed by atoms with Crippen LogP contribution in [0.25, 0.3) is 0 Å². The van der Waals surface area contributed by atoms with Crippen LogP contribution in [0.15, 0.2) is 0 Å². The molecule has 0 amide bonds. The molecule has 1 saturated carbocycles. The summed E-state index contributed by atoms with van der Waals surface area (Å²) in [6.45, 7) is 2.62. The fourth-order valence-corrected chi connectivity index (χ4v) is 3.15. The number of carbonyl (C=O) groups excluding carboxylic acids is 1. The maximum absolute atomic E-state index is 11.0. The molecule has 0 aromatic heterocycles. The van der Waals surface area contributed by atoms with Gasteiger partial charge in [-0.25, -0.2) is 0 Å². The molecule has 2 heteroatoms. The zero-order valence-corrected chi connectivity index (χ0v) is 9.76. The van der Waals surface area contributed by atoms with Crippen molar-refractivity contribution in [2.24, 2.45) is 5.92 Å². The summed E-state index contributed by atoms with van der Waals surface area (Å²) in [5, 5.41) is 0. The van der Waals surface area contributed by atoms with Crippen LogP contribution in [0.5, 0.6) is 0 Å². The van der Waals surface area contributed by atoms with Crippen LogP contribution >= 0.6 is 0 Å². The Bertz CT molecular complexity index is 229. The SMILES string of the molecule is CC(=O)CCC1CCOC2(CCCC2)C1. The van der Waals surface area contributed by atoms with Gasteiger partial charge in [0.25, 0.3) is 0 Å². The summed E-state index contributed by atoms with van der Waals surface area (Å²) in [4.78, 5) is 11.0. The fraction of sp³-hybridized carbons (Fsp3) is 0.923. The van der Waals surface area contributed by atoms with Crippen molar-refractivity contribution >= 4 is 5.78 Å². The number of hydrogen-bond donors (Lipinski definition) is 0. The van der Waals surface area contributed by atoms with Crippen LogP contribution < -0.4 is 0 Å². The van der Waals surface area contributed by atoms with Gasteiger partial charge in [0.05, 0.1) is 5.60 Å². The lowest BCUT2D eigenvalue weighted by molar-refractivity contribution is -0.118. The lowest BCUT2D eigenvalue weighted by Crippen LogP contribution is -2.37. The molecule has 2 nitrogen and oxygen atoms in total. The molecule has 0 bridgehead atoms. The van der Waals surface area contributed by atoms with Gasteiger partial charge in [0.2, 0.25) is 0 Å². The predicted octanol–water partition coefficient (Wildman–Crippen LogP) is 3.10. The maximum Gasteiger partial charge on any atom is 0.129 e. The lowest BCUT2D eigenvalue weighted by Gasteiger charge is -2.38. The highest BCUT2D eigenvalue weighted by Crippen LogP contribution is 2.43. The van der Waals surface area contributed by atoms with Crippen molar-refractivity contribution in [2.45, 2.75) is 63.9 Å². The number of ketones is 1. The molecular formula is C13H22O2. The van der Waals surface area contributed by atoms with Crippen LogP contribution in [0.2, 0.25) is 0 Å². The molecule has 1 unspecified atom stereocenters. The second kappa shape index (κ2) is 4.65. The fourth-order valence-electron chi connectivity index (χ4n) is 3.15. The van der Waals surface area contributed by atoms with E-state index in [4.69, 9.17) is 4.74 Å². The minimum Gasteiger partial charge on any atom is -0.375 e. The van der Waals surface area contributed by atoms with Crippen LogP contribution in [-0.2, 0) is 9.53 Å². The molecule has 15 heavy (non-hydrogen) atoms. The van der Waals surface area contributed by atoms with E-state index in [1.54, 1.807) is 6.92 Å². The monoisotopic (exact) mass is 210 g/mol. The van der Waals surface area contributed by atoms with Gasteiger partial charge in [0.15, 0.2) is 0 Å². The molecule has 0 aromatic carbocycles. The van der Waals surface area contributed by atoms with Crippen molar-refractivity contribution in [3.05, 3.63) is 0 Å². The van der Waals surface area contributed by atoms with Crippen LogP contribution in [0, 0.1) is 5.92 Å². The van der Waals surface area contributed by atoms with Crippen molar-refractivity contribution in [2.75, 3.05) is 6.61 Å². The summed E-state index contributed by atoms with van der Waals surface area (Å²) in [5.74, 6) is 1.07. The zero-order valence-electron chi connectivity index (χ0n) is 9.76. The Kier molecular flexibility index (Phi) is 3.45. The molecule has 2 aliphatic rings. The number of hydrogen-bond acceptors (Lipinski definition) is 2. The quantitative estimate of drug-likeness (QED) is 0.715. The molecule has 1 atom stereocenters. The Hall–Kier alpha value is -0.370. The molecule has 1 heterocycles. The lowest BCUT2D eigenvalue weighted by atomic mass is 9.82. The summed E-state index contributed by atoms with van der Waals surface area (Å²) < 4.78 is 5.98. The first kappa shape index (κ1) is 11.1. The van der Waals surface area contributed by atoms with Crippen molar-refractivity contribution in [3.63, 3.8) is 0 Å². The second-order valence-corrected chi connectivity index (χ2v) is 5.34. The van der Waals surface area contributed by atoms with Crippen molar-refractivity contribution in [1.29, 1.82) is 0 Å². The van der Waals surface area contributed by atoms with Crippen molar-refractivity contribution in [3.8, 4) is 0 Å². The zero-order chi connectivity index (χ0) is 10.7. The van der Waals surface area contributed by atoms with E-state index in [1.165, 1.54) is 32.1 Å². The van der Waals surface area contributed by atoms with E-state index in [9.17, 15) is 4.79 Å². The van der Waals surface area contributed by atoms with Crippen LogP contribution in [-0.4, -0.2) is 18.0 Å². The van der Waals surface area contributed by atoms with Gasteiger partial charge in [-0.1, -0.05) is 12.8 Å². The van der Waals surface area contributed by atoms with E-state index in [2.05, 4.69) is 0 Å². The third kappa shape index (κ3) is 2.81. The van der Waals surface area contributed by atoms with Gasteiger partial charge < -0.3 is 9.53 Å². The van der Waals surface area contributed by atoms with Gasteiger partial charge in [0, 0.05) is 13.0 Å². The summed E-state index contributed by atoms with van der Waals surface area (Å²) in [6.07, 6.45) is 9.39. The minimum atomic E-state index is 0.222. The van der Waals surface area contributed by atoms with Crippen molar-refractivity contribution < 1.29 is 9.53 Å². The number of rotatable bonds is 3. The molecule has 0 radical (unpaired) electrons. The van der Waals surface area contributed by atoms with Gasteiger partial charge >= 0.3 is 0 Å². The molecule has 1 aliphatic carbocycles. The molecule has 1 saturated heterocycles. The topological polar surface area (TPSA) is 26.3 Å². The molecule has 86 valence electrons. The van der Waals surface area contributed by atoms with Gasteiger partial charge in [-0.3, -0.25) is 0 Å². The Morgan fingerprint density at radius 2 is 2.13 bits per heavy atom. The average molecular weight is 210 g/mol. The standard InChI is InChI=1S/C13H22O2/c1-11(14)4-5-12-6-9-15-13(10-12)7-2-3-8-13/h12H,2-10H2,1H3. The van der Waals surface area contributed by atoms with Crippen LogP contribution in [0.4, 0.5) is 0 Å². The third-order valence-electron chi connectivity index (χ3n) is 4.01. The molecule has 1 spiro atoms. The van der Waals surface area contributed by atoms with Gasteiger partial charge in [-0.05, 0) is 44.9 Å². The molecule has 0 aromatic rings. The molecule has 2 rings (SSSR count). The van der Waals surface area contributed by atoms with Gasteiger partial charge in [-0.15, -0.1) is 0 Å². The first-order chi connectivity index (χ1) is 7.20. The Morgan fingerprint density at radius 1 is 1.40 bits per heavy atom. The highest BCUT2D eigenvalue weighted by molar-refractivity contribution is 5.75. The Balaban J connectivity index is 1.84. The van der Waals surface area contributed by atoms with E-state index in [0.717, 1.165) is 31.8 Å². The number of carbonyl (C=O) groups is 1. The summed E-state index contributed by atoms with van der Waals surface area (Å²) in [7, 11) is 0. The molecule has 2 fully saturated rings. The minimum absolute atomic E-state index is 0.222. The van der Waals surface area contributed by atoms with Crippen LogP contribution in [0.3, 0.4) is 0 Å². The first-order valence-corrected chi connectivity index (χ1v) is 6.34. The Morgan fingerprint density at radius 3 is 2.80 bits per heavy atom. The second-order valence-electron chi connectivity index (χ2n) is 5.34. The molecular weight excluding hydrogens is 188 g/mol. The third-order valence-corrected chi connectivity index (χ3v) is 4.01. The van der Waals surface area contributed by atoms with E-state index in [-0.39, 0.29) is 5.60 Å². The Labute approximate surface area is 92.4 Å². The van der Waals surface area contributed by atoms with E-state index in [1.807, 2.05) is 0 Å². The highest BCUT2D eigenvalue weighted by atomic mass is 16.5. The van der Waals surface area contributed by atoms with E-state index < -0.39 is 0 Å². The summed E-state index contributed by atoms with van der Waals surface area (Å²) in [5.41, 5.74) is 0.222. The highest BCUT2D eigenvalue weighted by Gasteiger charge is 2.39. The van der Waals surface area contributed by atoms with Gasteiger partial charge in [0.1, 0.15) is 5.78 Å². The van der Waals surface area contributed by atoms with Crippen LogP contribution in [0.1, 0.15) is 58.3 Å². The average Bonchev–Trinajstić information content (AvgIpc) is 2.63. The van der Waals surface area contributed by atoms with Crippen molar-refractivity contribution in [1.82, 2.24) is 0 Å². The van der Waals surface area contributed by atoms with E-state index >= 15 is 0 Å². The maximum atomic E-state index is 11.0. The largest absolute Gasteiger partial charge is 0.375 e.